The van der Waals surface area contributed by atoms with Crippen LogP contribution in [-0.2, 0) is 13.5 Å². The van der Waals surface area contributed by atoms with E-state index in [4.69, 9.17) is 5.11 Å². The van der Waals surface area contributed by atoms with Gasteiger partial charge in [0, 0.05) is 26.2 Å². The number of aromatic carboxylic acids is 1. The third-order valence-electron chi connectivity index (χ3n) is 2.47. The number of anilines is 1. The van der Waals surface area contributed by atoms with E-state index in [1.54, 1.807) is 6.33 Å². The Bertz CT molecular complexity index is 552. The van der Waals surface area contributed by atoms with E-state index in [1.807, 2.05) is 11.6 Å². The summed E-state index contributed by atoms with van der Waals surface area (Å²) in [6, 6.07) is 2.95. The maximum atomic E-state index is 10.8. The largest absolute Gasteiger partial charge is 0.478 e. The van der Waals surface area contributed by atoms with Crippen molar-refractivity contribution in [2.45, 2.75) is 6.42 Å². The average Bonchev–Trinajstić information content (AvgIpc) is 2.76. The third kappa shape index (κ3) is 2.82. The summed E-state index contributed by atoms with van der Waals surface area (Å²) in [4.78, 5) is 14.8. The molecule has 0 aliphatic rings. The summed E-state index contributed by atoms with van der Waals surface area (Å²) >= 11 is 0. The molecule has 7 nitrogen and oxygen atoms in total. The third-order valence-corrected chi connectivity index (χ3v) is 2.47. The van der Waals surface area contributed by atoms with Gasteiger partial charge in [-0.05, 0) is 12.1 Å². The van der Waals surface area contributed by atoms with Crippen LogP contribution in [0.4, 0.5) is 5.82 Å². The second kappa shape index (κ2) is 5.26. The molecule has 0 amide bonds. The summed E-state index contributed by atoms with van der Waals surface area (Å²) in [7, 11) is 1.87. The highest BCUT2D eigenvalue weighted by Crippen LogP contribution is 2.06. The molecule has 0 aliphatic carbocycles. The van der Waals surface area contributed by atoms with Crippen LogP contribution in [0.3, 0.4) is 0 Å². The molecule has 0 aliphatic heterocycles. The number of carboxylic acids is 1. The number of hydrogen-bond donors (Lipinski definition) is 2. The maximum absolute atomic E-state index is 10.8. The van der Waals surface area contributed by atoms with Crippen LogP contribution >= 0.6 is 0 Å². The molecule has 0 spiro atoms. The van der Waals surface area contributed by atoms with E-state index in [9.17, 15) is 4.79 Å². The van der Waals surface area contributed by atoms with E-state index in [0.29, 0.717) is 18.8 Å². The number of pyridine rings is 1. The van der Waals surface area contributed by atoms with Crippen LogP contribution in [0.25, 0.3) is 0 Å². The quantitative estimate of drug-likeness (QED) is 0.802. The van der Waals surface area contributed by atoms with Gasteiger partial charge in [0.15, 0.2) is 0 Å². The fourth-order valence-electron chi connectivity index (χ4n) is 1.50. The second-order valence-corrected chi connectivity index (χ2v) is 3.77. The zero-order valence-corrected chi connectivity index (χ0v) is 9.87. The molecule has 18 heavy (non-hydrogen) atoms. The molecule has 7 heteroatoms. The molecule has 2 aromatic rings. The first-order valence-electron chi connectivity index (χ1n) is 5.43. The highest BCUT2D eigenvalue weighted by atomic mass is 16.4. The van der Waals surface area contributed by atoms with E-state index in [0.717, 1.165) is 5.82 Å². The van der Waals surface area contributed by atoms with Gasteiger partial charge in [-0.3, -0.25) is 0 Å². The smallest absolute Gasteiger partial charge is 0.335 e. The van der Waals surface area contributed by atoms with Gasteiger partial charge in [0.25, 0.3) is 0 Å². The van der Waals surface area contributed by atoms with Crippen LogP contribution in [0, 0.1) is 0 Å². The van der Waals surface area contributed by atoms with Crippen molar-refractivity contribution in [3.8, 4) is 0 Å². The van der Waals surface area contributed by atoms with E-state index >= 15 is 0 Å². The highest BCUT2D eigenvalue weighted by Gasteiger charge is 2.04. The van der Waals surface area contributed by atoms with Crippen LogP contribution in [0.5, 0.6) is 0 Å². The van der Waals surface area contributed by atoms with Crippen LogP contribution in [0.1, 0.15) is 16.2 Å². The molecule has 2 rings (SSSR count). The topological polar surface area (TPSA) is 92.9 Å². The van der Waals surface area contributed by atoms with Crippen LogP contribution < -0.4 is 5.32 Å². The molecule has 2 heterocycles. The summed E-state index contributed by atoms with van der Waals surface area (Å²) in [6.45, 7) is 0.614. The minimum absolute atomic E-state index is 0.214. The molecule has 0 unspecified atom stereocenters. The van der Waals surface area contributed by atoms with Gasteiger partial charge in [-0.25, -0.2) is 9.78 Å². The Labute approximate surface area is 104 Å². The molecule has 0 radical (unpaired) electrons. The maximum Gasteiger partial charge on any atom is 0.335 e. The lowest BCUT2D eigenvalue weighted by atomic mass is 10.2. The molecule has 0 fully saturated rings. The Balaban J connectivity index is 1.92. The number of hydrogen-bond acceptors (Lipinski definition) is 5. The lowest BCUT2D eigenvalue weighted by Gasteiger charge is -2.05. The number of rotatable bonds is 5. The van der Waals surface area contributed by atoms with E-state index in [1.165, 1.54) is 18.3 Å². The van der Waals surface area contributed by atoms with Gasteiger partial charge in [-0.15, -0.1) is 10.2 Å². The van der Waals surface area contributed by atoms with Gasteiger partial charge in [-0.2, -0.15) is 0 Å². The minimum Gasteiger partial charge on any atom is -0.478 e. The molecule has 94 valence electrons. The fraction of sp³-hybridized carbons (Fsp3) is 0.273. The lowest BCUT2D eigenvalue weighted by Crippen LogP contribution is -2.10. The van der Waals surface area contributed by atoms with E-state index < -0.39 is 5.97 Å². The standard InChI is InChI=1S/C11H13N5O2/c1-16-7-14-15-10(16)3-5-13-9-6-8(11(17)18)2-4-12-9/h2,4,6-7H,3,5H2,1H3,(H,12,13)(H,17,18). The first kappa shape index (κ1) is 12.0. The first-order valence-corrected chi connectivity index (χ1v) is 5.43. The van der Waals surface area contributed by atoms with Crippen molar-refractivity contribution in [3.63, 3.8) is 0 Å². The van der Waals surface area contributed by atoms with Crippen molar-refractivity contribution in [1.29, 1.82) is 0 Å². The average molecular weight is 247 g/mol. The number of nitrogens with one attached hydrogen (secondary N) is 1. The molecular weight excluding hydrogens is 234 g/mol. The minimum atomic E-state index is -0.964. The second-order valence-electron chi connectivity index (χ2n) is 3.77. The van der Waals surface area contributed by atoms with Crippen molar-refractivity contribution in [2.75, 3.05) is 11.9 Å². The lowest BCUT2D eigenvalue weighted by molar-refractivity contribution is 0.0697. The highest BCUT2D eigenvalue weighted by molar-refractivity contribution is 5.88. The zero-order valence-electron chi connectivity index (χ0n) is 9.87. The molecule has 2 aromatic heterocycles. The van der Waals surface area contributed by atoms with E-state index in [2.05, 4.69) is 20.5 Å². The number of carboxylic acid groups (broad SMARTS) is 1. The van der Waals surface area contributed by atoms with E-state index in [-0.39, 0.29) is 5.56 Å². The molecule has 2 N–H and O–H groups in total. The van der Waals surface area contributed by atoms with Crippen molar-refractivity contribution in [3.05, 3.63) is 36.0 Å². The number of aryl methyl sites for hydroxylation is 1. The van der Waals surface area contributed by atoms with Crippen LogP contribution in [0.2, 0.25) is 0 Å². The normalized spacial score (nSPS) is 10.3. The number of carbonyl (C=O) groups is 1. The Morgan fingerprint density at radius 2 is 2.39 bits per heavy atom. The fourth-order valence-corrected chi connectivity index (χ4v) is 1.50. The van der Waals surface area contributed by atoms with Gasteiger partial charge in [-0.1, -0.05) is 0 Å². The van der Waals surface area contributed by atoms with Crippen LogP contribution in [0.15, 0.2) is 24.7 Å². The molecule has 0 saturated carbocycles. The van der Waals surface area contributed by atoms with Gasteiger partial charge in [0.2, 0.25) is 0 Å². The van der Waals surface area contributed by atoms with Gasteiger partial charge in [0.05, 0.1) is 5.56 Å². The van der Waals surface area contributed by atoms with Gasteiger partial charge >= 0.3 is 5.97 Å². The van der Waals surface area contributed by atoms with Crippen molar-refractivity contribution in [1.82, 2.24) is 19.7 Å². The molecular formula is C11H13N5O2. The first-order chi connectivity index (χ1) is 8.66. The van der Waals surface area contributed by atoms with Gasteiger partial charge < -0.3 is 15.0 Å². The van der Waals surface area contributed by atoms with Gasteiger partial charge in [0.1, 0.15) is 18.0 Å². The van der Waals surface area contributed by atoms with Crippen molar-refractivity contribution in [2.24, 2.45) is 7.05 Å². The molecule has 0 bridgehead atoms. The van der Waals surface area contributed by atoms with Crippen molar-refractivity contribution >= 4 is 11.8 Å². The summed E-state index contributed by atoms with van der Waals surface area (Å²) in [6.07, 6.45) is 3.79. The Kier molecular flexibility index (Phi) is 3.52. The summed E-state index contributed by atoms with van der Waals surface area (Å²) in [5, 5.41) is 19.6. The molecule has 0 saturated heterocycles. The SMILES string of the molecule is Cn1cnnc1CCNc1cc(C(=O)O)ccn1. The Morgan fingerprint density at radius 1 is 1.56 bits per heavy atom. The van der Waals surface area contributed by atoms with Crippen molar-refractivity contribution < 1.29 is 9.90 Å². The molecule has 0 aromatic carbocycles. The number of aromatic nitrogens is 4. The predicted octanol–water partition coefficient (Wildman–Crippen LogP) is 0.563. The number of nitrogens with zero attached hydrogens (tertiary/aromatic N) is 4. The summed E-state index contributed by atoms with van der Waals surface area (Å²) in [5.41, 5.74) is 0.214. The summed E-state index contributed by atoms with van der Waals surface area (Å²) in [5.74, 6) is 0.433. The summed E-state index contributed by atoms with van der Waals surface area (Å²) < 4.78 is 1.84. The zero-order chi connectivity index (χ0) is 13.0. The Hall–Kier alpha value is -2.44. The predicted molar refractivity (Wildman–Crippen MR) is 64.4 cm³/mol. The van der Waals surface area contributed by atoms with Crippen LogP contribution in [-0.4, -0.2) is 37.4 Å². The monoisotopic (exact) mass is 247 g/mol. The Morgan fingerprint density at radius 3 is 3.06 bits per heavy atom. The molecule has 0 atom stereocenters.